The number of hydrogen-bond acceptors (Lipinski definition) is 5. The Balaban J connectivity index is 1.97. The minimum absolute atomic E-state index is 0.0107. The van der Waals surface area contributed by atoms with E-state index < -0.39 is 24.6 Å². The molecule has 0 bridgehead atoms. The summed E-state index contributed by atoms with van der Waals surface area (Å²) < 4.78 is 33.6. The molecular formula is C17H14ClF2NO5. The van der Waals surface area contributed by atoms with Crippen molar-refractivity contribution < 1.29 is 33.0 Å². The van der Waals surface area contributed by atoms with Crippen LogP contribution in [0.15, 0.2) is 42.5 Å². The fraction of sp³-hybridized carbons (Fsp3) is 0.176. The fourth-order valence-corrected chi connectivity index (χ4v) is 2.12. The second-order valence-electron chi connectivity index (χ2n) is 5.11. The number of carbonyl (C=O) groups excluding carboxylic acids is 2. The lowest BCUT2D eigenvalue weighted by Gasteiger charge is -2.14. The van der Waals surface area contributed by atoms with E-state index >= 15 is 0 Å². The molecule has 0 spiro atoms. The van der Waals surface area contributed by atoms with Crippen LogP contribution >= 0.6 is 11.6 Å². The third-order valence-corrected chi connectivity index (χ3v) is 3.47. The summed E-state index contributed by atoms with van der Waals surface area (Å²) in [7, 11) is 0. The van der Waals surface area contributed by atoms with Gasteiger partial charge in [-0.05, 0) is 49.4 Å². The Hall–Kier alpha value is -2.87. The topological polar surface area (TPSA) is 84.9 Å². The number of halogens is 3. The number of ether oxygens (including phenoxy) is 2. The second kappa shape index (κ2) is 8.48. The van der Waals surface area contributed by atoms with Crippen molar-refractivity contribution in [3.05, 3.63) is 53.1 Å². The largest absolute Gasteiger partial charge is 0.508 e. The van der Waals surface area contributed by atoms with Crippen molar-refractivity contribution in [1.29, 1.82) is 0 Å². The zero-order valence-electron chi connectivity index (χ0n) is 13.4. The lowest BCUT2D eigenvalue weighted by molar-refractivity contribution is -0.123. The van der Waals surface area contributed by atoms with E-state index in [0.29, 0.717) is 0 Å². The molecule has 1 unspecified atom stereocenters. The Morgan fingerprint density at radius 3 is 2.38 bits per heavy atom. The predicted octanol–water partition coefficient (Wildman–Crippen LogP) is 3.83. The van der Waals surface area contributed by atoms with Crippen LogP contribution in [0.25, 0.3) is 0 Å². The van der Waals surface area contributed by atoms with E-state index in [1.807, 2.05) is 0 Å². The average molecular weight is 386 g/mol. The van der Waals surface area contributed by atoms with E-state index in [1.54, 1.807) is 0 Å². The zero-order chi connectivity index (χ0) is 19.3. The van der Waals surface area contributed by atoms with Gasteiger partial charge in [0.05, 0.1) is 10.6 Å². The average Bonchev–Trinajstić information content (AvgIpc) is 2.57. The molecule has 0 fully saturated rings. The standard InChI is InChI=1S/C17H14ClF2NO5/c1-9(25-16(24)10-2-5-12(22)6-3-10)15(23)21-11-4-7-14(13(18)8-11)26-17(19)20/h2-9,17,22H,1H3,(H,21,23). The molecule has 0 radical (unpaired) electrons. The molecule has 0 saturated carbocycles. The maximum Gasteiger partial charge on any atom is 0.387 e. The molecule has 0 aromatic heterocycles. The lowest BCUT2D eigenvalue weighted by atomic mass is 10.2. The number of rotatable bonds is 6. The summed E-state index contributed by atoms with van der Waals surface area (Å²) in [5.41, 5.74) is 0.383. The number of hydrogen-bond donors (Lipinski definition) is 2. The Bertz CT molecular complexity index is 798. The van der Waals surface area contributed by atoms with Crippen LogP contribution in [0, 0.1) is 0 Å². The smallest absolute Gasteiger partial charge is 0.387 e. The summed E-state index contributed by atoms with van der Waals surface area (Å²) in [6.07, 6.45) is -1.13. The summed E-state index contributed by atoms with van der Waals surface area (Å²) in [6, 6.07) is 9.05. The van der Waals surface area contributed by atoms with Crippen molar-refractivity contribution in [2.75, 3.05) is 5.32 Å². The molecule has 1 amide bonds. The maximum atomic E-state index is 12.2. The number of esters is 1. The number of phenols is 1. The highest BCUT2D eigenvalue weighted by atomic mass is 35.5. The Morgan fingerprint density at radius 2 is 1.81 bits per heavy atom. The summed E-state index contributed by atoms with van der Waals surface area (Å²) in [5, 5.41) is 11.5. The van der Waals surface area contributed by atoms with Crippen LogP contribution in [0.1, 0.15) is 17.3 Å². The molecule has 0 heterocycles. The molecule has 2 N–H and O–H groups in total. The summed E-state index contributed by atoms with van der Waals surface area (Å²) in [5.74, 6) is -1.63. The molecule has 2 rings (SSSR count). The third kappa shape index (κ3) is 5.32. The van der Waals surface area contributed by atoms with Crippen LogP contribution in [-0.2, 0) is 9.53 Å². The van der Waals surface area contributed by atoms with Gasteiger partial charge in [-0.2, -0.15) is 8.78 Å². The third-order valence-electron chi connectivity index (χ3n) is 3.17. The molecule has 0 aliphatic rings. The number of phenolic OH excluding ortho intramolecular Hbond substituents is 1. The monoisotopic (exact) mass is 385 g/mol. The number of amides is 1. The van der Waals surface area contributed by atoms with Crippen LogP contribution < -0.4 is 10.1 Å². The minimum atomic E-state index is -3.02. The van der Waals surface area contributed by atoms with Crippen molar-refractivity contribution in [2.45, 2.75) is 19.6 Å². The van der Waals surface area contributed by atoms with Gasteiger partial charge < -0.3 is 19.9 Å². The van der Waals surface area contributed by atoms with Crippen LogP contribution in [0.5, 0.6) is 11.5 Å². The molecule has 6 nitrogen and oxygen atoms in total. The first-order valence-corrected chi connectivity index (χ1v) is 7.69. The van der Waals surface area contributed by atoms with Gasteiger partial charge in [0.2, 0.25) is 0 Å². The summed E-state index contributed by atoms with van der Waals surface area (Å²) in [4.78, 5) is 24.0. The van der Waals surface area contributed by atoms with E-state index in [9.17, 15) is 23.5 Å². The number of nitrogens with one attached hydrogen (secondary N) is 1. The van der Waals surface area contributed by atoms with Gasteiger partial charge in [0.15, 0.2) is 6.10 Å². The first-order valence-electron chi connectivity index (χ1n) is 7.31. The Labute approximate surface area is 152 Å². The number of anilines is 1. The number of aromatic hydroxyl groups is 1. The maximum absolute atomic E-state index is 12.2. The Kier molecular flexibility index (Phi) is 6.35. The molecule has 0 saturated heterocycles. The molecule has 0 aliphatic heterocycles. The molecule has 26 heavy (non-hydrogen) atoms. The Morgan fingerprint density at radius 1 is 1.15 bits per heavy atom. The van der Waals surface area contributed by atoms with Gasteiger partial charge in [0, 0.05) is 5.69 Å². The van der Waals surface area contributed by atoms with Gasteiger partial charge in [-0.3, -0.25) is 4.79 Å². The van der Waals surface area contributed by atoms with Crippen LogP contribution in [0.2, 0.25) is 5.02 Å². The quantitative estimate of drug-likeness (QED) is 0.738. The van der Waals surface area contributed by atoms with Crippen molar-refractivity contribution in [1.82, 2.24) is 0 Å². The van der Waals surface area contributed by atoms with E-state index in [0.717, 1.165) is 0 Å². The van der Waals surface area contributed by atoms with E-state index in [4.69, 9.17) is 16.3 Å². The van der Waals surface area contributed by atoms with Gasteiger partial charge >= 0.3 is 12.6 Å². The highest BCUT2D eigenvalue weighted by Crippen LogP contribution is 2.29. The van der Waals surface area contributed by atoms with Gasteiger partial charge in [0.1, 0.15) is 11.5 Å². The molecule has 1 atom stereocenters. The minimum Gasteiger partial charge on any atom is -0.508 e. The van der Waals surface area contributed by atoms with Crippen molar-refractivity contribution >= 4 is 29.2 Å². The normalized spacial score (nSPS) is 11.7. The first kappa shape index (κ1) is 19.5. The highest BCUT2D eigenvalue weighted by molar-refractivity contribution is 6.32. The van der Waals surface area contributed by atoms with E-state index in [-0.39, 0.29) is 27.8 Å². The highest BCUT2D eigenvalue weighted by Gasteiger charge is 2.19. The van der Waals surface area contributed by atoms with Crippen molar-refractivity contribution in [3.63, 3.8) is 0 Å². The first-order chi connectivity index (χ1) is 12.3. The summed E-state index contributed by atoms with van der Waals surface area (Å²) >= 11 is 5.80. The molecule has 2 aromatic carbocycles. The van der Waals surface area contributed by atoms with Crippen LogP contribution in [0.4, 0.5) is 14.5 Å². The van der Waals surface area contributed by atoms with Gasteiger partial charge in [-0.1, -0.05) is 11.6 Å². The van der Waals surface area contributed by atoms with Gasteiger partial charge in [-0.25, -0.2) is 4.79 Å². The molecule has 2 aromatic rings. The van der Waals surface area contributed by atoms with E-state index in [1.165, 1.54) is 49.4 Å². The van der Waals surface area contributed by atoms with Crippen molar-refractivity contribution in [2.24, 2.45) is 0 Å². The van der Waals surface area contributed by atoms with Crippen LogP contribution in [-0.4, -0.2) is 29.7 Å². The second-order valence-corrected chi connectivity index (χ2v) is 5.51. The molecule has 0 aliphatic carbocycles. The SMILES string of the molecule is CC(OC(=O)c1ccc(O)cc1)C(=O)Nc1ccc(OC(F)F)c(Cl)c1. The fourth-order valence-electron chi connectivity index (χ4n) is 1.89. The van der Waals surface area contributed by atoms with Gasteiger partial charge in [-0.15, -0.1) is 0 Å². The van der Waals surface area contributed by atoms with Crippen molar-refractivity contribution in [3.8, 4) is 11.5 Å². The molecule has 9 heteroatoms. The van der Waals surface area contributed by atoms with Gasteiger partial charge in [0.25, 0.3) is 5.91 Å². The molecular weight excluding hydrogens is 372 g/mol. The number of carbonyl (C=O) groups is 2. The predicted molar refractivity (Wildman–Crippen MR) is 89.7 cm³/mol. The summed E-state index contributed by atoms with van der Waals surface area (Å²) in [6.45, 7) is -1.66. The lowest BCUT2D eigenvalue weighted by Crippen LogP contribution is -2.30. The zero-order valence-corrected chi connectivity index (χ0v) is 14.2. The van der Waals surface area contributed by atoms with E-state index in [2.05, 4.69) is 10.1 Å². The van der Waals surface area contributed by atoms with Crippen LogP contribution in [0.3, 0.4) is 0 Å². The number of benzene rings is 2. The molecule has 138 valence electrons. The number of alkyl halides is 2.